The van der Waals surface area contributed by atoms with Crippen LogP contribution >= 0.6 is 12.4 Å². The summed E-state index contributed by atoms with van der Waals surface area (Å²) in [6.07, 6.45) is 3.76. The molecule has 1 amide bonds. The fourth-order valence-corrected chi connectivity index (χ4v) is 2.64. The fourth-order valence-electron chi connectivity index (χ4n) is 2.64. The number of carbonyl (C=O) groups excluding carboxylic acids is 1. The van der Waals surface area contributed by atoms with Gasteiger partial charge >= 0.3 is 0 Å². The molecule has 1 heterocycles. The minimum Gasteiger partial charge on any atom is -0.352 e. The Kier molecular flexibility index (Phi) is 7.48. The summed E-state index contributed by atoms with van der Waals surface area (Å²) < 4.78 is 0. The molecule has 0 fully saturated rings. The van der Waals surface area contributed by atoms with E-state index >= 15 is 0 Å². The second-order valence-corrected chi connectivity index (χ2v) is 5.55. The second kappa shape index (κ2) is 8.85. The van der Waals surface area contributed by atoms with E-state index in [2.05, 4.69) is 42.7 Å². The third-order valence-corrected chi connectivity index (χ3v) is 3.88. The summed E-state index contributed by atoms with van der Waals surface area (Å²) in [7, 11) is 0. The molecule has 0 spiro atoms. The Morgan fingerprint density at radius 2 is 2.14 bits per heavy atom. The Morgan fingerprint density at radius 3 is 2.81 bits per heavy atom. The molecule has 1 aromatic carbocycles. The van der Waals surface area contributed by atoms with Crippen molar-refractivity contribution in [1.29, 1.82) is 0 Å². The van der Waals surface area contributed by atoms with Crippen molar-refractivity contribution in [1.82, 2.24) is 10.6 Å². The Labute approximate surface area is 133 Å². The number of benzene rings is 1. The van der Waals surface area contributed by atoms with Crippen LogP contribution in [0.15, 0.2) is 35.9 Å². The Balaban J connectivity index is 0.00000220. The molecule has 2 rings (SSSR count). The number of carbonyl (C=O) groups is 1. The first-order chi connectivity index (χ1) is 9.66. The minimum absolute atomic E-state index is 0. The van der Waals surface area contributed by atoms with Gasteiger partial charge in [-0.25, -0.2) is 0 Å². The van der Waals surface area contributed by atoms with E-state index in [4.69, 9.17) is 0 Å². The maximum Gasteiger partial charge on any atom is 0.220 e. The summed E-state index contributed by atoms with van der Waals surface area (Å²) in [6.45, 7) is 6.85. The highest BCUT2D eigenvalue weighted by Crippen LogP contribution is 2.22. The lowest BCUT2D eigenvalue weighted by Crippen LogP contribution is -2.30. The van der Waals surface area contributed by atoms with Crippen LogP contribution in [0.4, 0.5) is 0 Å². The maximum atomic E-state index is 12.0. The zero-order valence-corrected chi connectivity index (χ0v) is 13.6. The number of aryl methyl sites for hydroxylation is 1. The molecule has 3 nitrogen and oxygen atoms in total. The third kappa shape index (κ3) is 5.52. The van der Waals surface area contributed by atoms with Crippen molar-refractivity contribution in [2.45, 2.75) is 32.6 Å². The van der Waals surface area contributed by atoms with E-state index in [1.165, 1.54) is 16.7 Å². The van der Waals surface area contributed by atoms with Crippen molar-refractivity contribution < 1.29 is 4.79 Å². The standard InChI is InChI=1S/C17H24N2O.ClH/c1-13-5-3-4-6-16(13)14(2)11-17(20)19-12-15-7-9-18-10-8-15;/h3-7,14,18H,8-12H2,1-2H3,(H,19,20);1H. The Hall–Kier alpha value is -1.32. The molecule has 1 atom stereocenters. The van der Waals surface area contributed by atoms with Gasteiger partial charge in [0, 0.05) is 19.5 Å². The molecule has 0 aromatic heterocycles. The monoisotopic (exact) mass is 308 g/mol. The highest BCUT2D eigenvalue weighted by Gasteiger charge is 2.13. The van der Waals surface area contributed by atoms with Gasteiger partial charge in [-0.15, -0.1) is 12.4 Å². The van der Waals surface area contributed by atoms with Gasteiger partial charge in [-0.3, -0.25) is 4.79 Å². The number of hydrogen-bond donors (Lipinski definition) is 2. The van der Waals surface area contributed by atoms with Crippen LogP contribution in [0.2, 0.25) is 0 Å². The molecule has 0 saturated heterocycles. The molecule has 0 saturated carbocycles. The van der Waals surface area contributed by atoms with E-state index in [1.807, 2.05) is 12.1 Å². The average molecular weight is 309 g/mol. The molecule has 0 bridgehead atoms. The third-order valence-electron chi connectivity index (χ3n) is 3.88. The van der Waals surface area contributed by atoms with Gasteiger partial charge in [0.1, 0.15) is 0 Å². The lowest BCUT2D eigenvalue weighted by atomic mass is 9.93. The van der Waals surface area contributed by atoms with E-state index in [0.717, 1.165) is 19.5 Å². The van der Waals surface area contributed by atoms with E-state index < -0.39 is 0 Å². The van der Waals surface area contributed by atoms with Crippen molar-refractivity contribution in [3.8, 4) is 0 Å². The number of amides is 1. The normalized spacial score (nSPS) is 15.6. The van der Waals surface area contributed by atoms with E-state index in [0.29, 0.717) is 13.0 Å². The van der Waals surface area contributed by atoms with Crippen LogP contribution in [0, 0.1) is 6.92 Å². The molecule has 1 aromatic rings. The van der Waals surface area contributed by atoms with Gasteiger partial charge in [0.2, 0.25) is 5.91 Å². The molecule has 0 radical (unpaired) electrons. The van der Waals surface area contributed by atoms with Crippen molar-refractivity contribution in [3.63, 3.8) is 0 Å². The van der Waals surface area contributed by atoms with Crippen molar-refractivity contribution in [2.24, 2.45) is 0 Å². The first-order valence-electron chi connectivity index (χ1n) is 7.37. The summed E-state index contributed by atoms with van der Waals surface area (Å²) >= 11 is 0. The highest BCUT2D eigenvalue weighted by atomic mass is 35.5. The number of nitrogens with one attached hydrogen (secondary N) is 2. The van der Waals surface area contributed by atoms with Gasteiger partial charge in [-0.05, 0) is 36.9 Å². The van der Waals surface area contributed by atoms with Gasteiger partial charge in [-0.2, -0.15) is 0 Å². The summed E-state index contributed by atoms with van der Waals surface area (Å²) in [4.78, 5) is 12.0. The maximum absolute atomic E-state index is 12.0. The quantitative estimate of drug-likeness (QED) is 0.821. The van der Waals surface area contributed by atoms with Crippen LogP contribution in [0.3, 0.4) is 0 Å². The van der Waals surface area contributed by atoms with Gasteiger partial charge < -0.3 is 10.6 Å². The minimum atomic E-state index is 0. The van der Waals surface area contributed by atoms with Gasteiger partial charge in [0.15, 0.2) is 0 Å². The molecule has 4 heteroatoms. The average Bonchev–Trinajstić information content (AvgIpc) is 2.46. The predicted molar refractivity (Wildman–Crippen MR) is 90.0 cm³/mol. The Morgan fingerprint density at radius 1 is 1.38 bits per heavy atom. The molecule has 1 unspecified atom stereocenters. The topological polar surface area (TPSA) is 41.1 Å². The van der Waals surface area contributed by atoms with Gasteiger partial charge in [0.05, 0.1) is 0 Å². The lowest BCUT2D eigenvalue weighted by Gasteiger charge is -2.17. The molecule has 1 aliphatic rings. The lowest BCUT2D eigenvalue weighted by molar-refractivity contribution is -0.121. The Bertz CT molecular complexity index is 499. The van der Waals surface area contributed by atoms with Crippen LogP contribution in [0.25, 0.3) is 0 Å². The predicted octanol–water partition coefficient (Wildman–Crippen LogP) is 2.95. The van der Waals surface area contributed by atoms with Crippen molar-refractivity contribution >= 4 is 18.3 Å². The molecule has 0 aliphatic carbocycles. The van der Waals surface area contributed by atoms with E-state index in [-0.39, 0.29) is 24.2 Å². The number of hydrogen-bond acceptors (Lipinski definition) is 2. The molecule has 1 aliphatic heterocycles. The first-order valence-corrected chi connectivity index (χ1v) is 7.37. The van der Waals surface area contributed by atoms with Crippen LogP contribution in [-0.2, 0) is 4.79 Å². The molecule has 2 N–H and O–H groups in total. The van der Waals surface area contributed by atoms with E-state index in [9.17, 15) is 4.79 Å². The van der Waals surface area contributed by atoms with Crippen molar-refractivity contribution in [3.05, 3.63) is 47.0 Å². The number of halogens is 1. The first kappa shape index (κ1) is 17.7. The van der Waals surface area contributed by atoms with Gasteiger partial charge in [0.25, 0.3) is 0 Å². The second-order valence-electron chi connectivity index (χ2n) is 5.55. The van der Waals surface area contributed by atoms with Crippen molar-refractivity contribution in [2.75, 3.05) is 19.6 Å². The largest absolute Gasteiger partial charge is 0.352 e. The van der Waals surface area contributed by atoms with Crippen LogP contribution in [0.1, 0.15) is 36.8 Å². The van der Waals surface area contributed by atoms with E-state index in [1.54, 1.807) is 0 Å². The van der Waals surface area contributed by atoms with Crippen LogP contribution in [0.5, 0.6) is 0 Å². The zero-order valence-electron chi connectivity index (χ0n) is 12.8. The molecule has 116 valence electrons. The highest BCUT2D eigenvalue weighted by molar-refractivity contribution is 5.85. The SMILES string of the molecule is Cc1ccccc1C(C)CC(=O)NCC1=CCNCC1.Cl. The summed E-state index contributed by atoms with van der Waals surface area (Å²) in [5.74, 6) is 0.401. The molecular formula is C17H25ClN2O. The van der Waals surface area contributed by atoms with Crippen LogP contribution in [-0.4, -0.2) is 25.5 Å². The van der Waals surface area contributed by atoms with Crippen LogP contribution < -0.4 is 10.6 Å². The fraction of sp³-hybridized carbons (Fsp3) is 0.471. The van der Waals surface area contributed by atoms with Gasteiger partial charge in [-0.1, -0.05) is 42.8 Å². The zero-order chi connectivity index (χ0) is 14.4. The smallest absolute Gasteiger partial charge is 0.220 e. The molecule has 21 heavy (non-hydrogen) atoms. The summed E-state index contributed by atoms with van der Waals surface area (Å²) in [5, 5.41) is 6.31. The summed E-state index contributed by atoms with van der Waals surface area (Å²) in [6, 6.07) is 8.29. The number of rotatable bonds is 5. The molecular weight excluding hydrogens is 284 g/mol. The summed E-state index contributed by atoms with van der Waals surface area (Å²) in [5.41, 5.74) is 3.86.